The normalized spacial score (nSPS) is 57.1. The fourth-order valence-electron chi connectivity index (χ4n) is 15.3. The van der Waals surface area contributed by atoms with Gasteiger partial charge in [-0.25, -0.2) is 0 Å². The van der Waals surface area contributed by atoms with Crippen molar-refractivity contribution in [2.75, 3.05) is 33.0 Å². The Balaban J connectivity index is 0.837. The number of hydrogen-bond acceptors (Lipinski definition) is 23. The van der Waals surface area contributed by atoms with Crippen LogP contribution < -0.4 is 0 Å². The van der Waals surface area contributed by atoms with Gasteiger partial charge in [0, 0.05) is 12.3 Å². The lowest BCUT2D eigenvalue weighted by Gasteiger charge is -2.59. The maximum absolute atomic E-state index is 11.9. The SMILES string of the molecule is C[C@H]1CC[C@@]2(OC1)O[C@H]1C[C@H]3[C@@H]4CC=C5C[C@@H](O[C@@H]6O[C@H](CO)[C@H](O[C@@H]7O[C@H](CO)[C@@H](O)[C@H](O[C@@H]8OC[C@@H](O)[C@H](O)[C@H]8O)[C@H]7O[C@@H]7O[C@H](CO)[C@@H](O)[C@H](O)[C@H]7O)[C@H](O)[C@H]6O)[C@H](O)C[C@]5(C)[C@H]4CC[C@]3(C)[C@H]1[C@@H]2C. The van der Waals surface area contributed by atoms with Crippen LogP contribution >= 0.6 is 0 Å². The maximum atomic E-state index is 11.9. The maximum Gasteiger partial charge on any atom is 0.187 e. The van der Waals surface area contributed by atoms with Crippen molar-refractivity contribution in [2.45, 2.75) is 220 Å². The lowest BCUT2D eigenvalue weighted by Crippen LogP contribution is -2.68. The number of allylic oxidation sites excluding steroid dienone is 1. The van der Waals surface area contributed by atoms with E-state index in [1.807, 2.05) is 0 Å². The van der Waals surface area contributed by atoms with Gasteiger partial charge in [-0.05, 0) is 85.4 Å². The fraction of sp³-hybridized carbons (Fsp3) is 0.960. The van der Waals surface area contributed by atoms with Crippen LogP contribution in [-0.4, -0.2) is 240 Å². The van der Waals surface area contributed by atoms with Crippen molar-refractivity contribution < 1.29 is 114 Å². The second-order valence-electron chi connectivity index (χ2n) is 23.6. The summed E-state index contributed by atoms with van der Waals surface area (Å²) in [4.78, 5) is 0. The molecule has 418 valence electrons. The molecule has 6 aliphatic heterocycles. The molecular formula is C50H80O23. The van der Waals surface area contributed by atoms with E-state index in [4.69, 9.17) is 47.4 Å². The first kappa shape index (κ1) is 55.1. The van der Waals surface area contributed by atoms with Crippen LogP contribution in [-0.2, 0) is 47.4 Å². The van der Waals surface area contributed by atoms with E-state index in [1.165, 1.54) is 0 Å². The molecular weight excluding hydrogens is 969 g/mol. The molecule has 0 bridgehead atoms. The molecule has 23 heteroatoms. The Hall–Kier alpha value is -1.18. The fourth-order valence-corrected chi connectivity index (χ4v) is 15.3. The van der Waals surface area contributed by atoms with Gasteiger partial charge >= 0.3 is 0 Å². The van der Waals surface area contributed by atoms with Gasteiger partial charge in [0.1, 0.15) is 91.6 Å². The molecule has 73 heavy (non-hydrogen) atoms. The first-order valence-electron chi connectivity index (χ1n) is 26.5. The number of aliphatic hydroxyl groups excluding tert-OH is 13. The zero-order chi connectivity index (χ0) is 52.2. The summed E-state index contributed by atoms with van der Waals surface area (Å²) in [5.74, 6) is 1.91. The number of rotatable bonds is 11. The second kappa shape index (κ2) is 21.1. The monoisotopic (exact) mass is 1050 g/mol. The van der Waals surface area contributed by atoms with Gasteiger partial charge in [0.2, 0.25) is 0 Å². The quantitative estimate of drug-likeness (QED) is 0.0898. The zero-order valence-corrected chi connectivity index (χ0v) is 41.8. The first-order valence-corrected chi connectivity index (χ1v) is 26.5. The van der Waals surface area contributed by atoms with Crippen molar-refractivity contribution in [1.29, 1.82) is 0 Å². The van der Waals surface area contributed by atoms with Gasteiger partial charge in [0.05, 0.1) is 51.3 Å². The van der Waals surface area contributed by atoms with Gasteiger partial charge in [-0.3, -0.25) is 0 Å². The number of ether oxygens (including phenoxy) is 10. The van der Waals surface area contributed by atoms with Crippen molar-refractivity contribution >= 4 is 0 Å². The minimum atomic E-state index is -2.02. The largest absolute Gasteiger partial charge is 0.394 e. The minimum absolute atomic E-state index is 0.101. The van der Waals surface area contributed by atoms with E-state index >= 15 is 0 Å². The summed E-state index contributed by atoms with van der Waals surface area (Å²) < 4.78 is 61.0. The smallest absolute Gasteiger partial charge is 0.187 e. The molecule has 0 radical (unpaired) electrons. The summed E-state index contributed by atoms with van der Waals surface area (Å²) >= 11 is 0. The molecule has 31 atom stereocenters. The Morgan fingerprint density at radius 1 is 0.603 bits per heavy atom. The van der Waals surface area contributed by atoms with Crippen LogP contribution in [0.1, 0.15) is 79.1 Å². The molecule has 0 aromatic rings. The Labute approximate surface area is 423 Å². The average Bonchev–Trinajstić information content (AvgIpc) is 3.82. The van der Waals surface area contributed by atoms with Crippen LogP contribution in [0.5, 0.6) is 0 Å². The Bertz CT molecular complexity index is 1920. The van der Waals surface area contributed by atoms with E-state index in [0.29, 0.717) is 48.3 Å². The third-order valence-corrected chi connectivity index (χ3v) is 19.5. The standard InChI is InChI=1S/C50H80O23/c1-19-7-10-50(65-17-19)20(2)32-28(73-50)12-24-22-6-5-21-11-27(25(54)13-49(21,4)23(22)8-9-48(24,32)3)66-45-40(63)37(60)41(31(16-53)69-45)70-47-43(72-46-39(62)36(59)34(57)29(14-51)67-46)42(35(58)30(15-52)68-47)71-44-38(61)33(56)26(55)18-64-44/h5,19-20,22-47,51-63H,6-18H2,1-4H3/t19-,20-,22+,23-,24-,25+,26+,27+,28-,29+,30+,31+,32-,33-,34+,35+,36-,37+,38+,39+,40+,41-,42-,43+,44-,45+,46-,47-,48-,49-,50+/m0/s1. The van der Waals surface area contributed by atoms with Crippen molar-refractivity contribution in [1.82, 2.24) is 0 Å². The number of aliphatic hydroxyl groups is 13. The third kappa shape index (κ3) is 9.41. The van der Waals surface area contributed by atoms with E-state index in [2.05, 4.69) is 33.8 Å². The van der Waals surface area contributed by atoms with Gasteiger partial charge in [-0.15, -0.1) is 0 Å². The number of fused-ring (bicyclic) bond motifs is 7. The second-order valence-corrected chi connectivity index (χ2v) is 23.6. The molecule has 0 amide bonds. The molecule has 10 aliphatic rings. The van der Waals surface area contributed by atoms with Crippen molar-refractivity contribution in [3.05, 3.63) is 11.6 Å². The molecule has 4 aliphatic carbocycles. The molecule has 6 saturated heterocycles. The minimum Gasteiger partial charge on any atom is -0.394 e. The summed E-state index contributed by atoms with van der Waals surface area (Å²) in [6, 6.07) is 0. The highest BCUT2D eigenvalue weighted by atomic mass is 16.8. The van der Waals surface area contributed by atoms with Crippen LogP contribution in [0, 0.1) is 46.3 Å². The molecule has 6 heterocycles. The van der Waals surface area contributed by atoms with Crippen molar-refractivity contribution in [3.63, 3.8) is 0 Å². The molecule has 9 fully saturated rings. The molecule has 10 rings (SSSR count). The Morgan fingerprint density at radius 2 is 1.23 bits per heavy atom. The highest BCUT2D eigenvalue weighted by molar-refractivity contribution is 5.27. The van der Waals surface area contributed by atoms with Gasteiger partial charge in [0.15, 0.2) is 30.9 Å². The average molecular weight is 1050 g/mol. The summed E-state index contributed by atoms with van der Waals surface area (Å²) in [7, 11) is 0. The van der Waals surface area contributed by atoms with E-state index in [9.17, 15) is 66.4 Å². The lowest BCUT2D eigenvalue weighted by molar-refractivity contribution is -0.404. The van der Waals surface area contributed by atoms with Gasteiger partial charge in [-0.1, -0.05) is 39.3 Å². The Kier molecular flexibility index (Phi) is 16.0. The van der Waals surface area contributed by atoms with Gasteiger partial charge < -0.3 is 114 Å². The zero-order valence-electron chi connectivity index (χ0n) is 41.8. The van der Waals surface area contributed by atoms with Crippen molar-refractivity contribution in [3.8, 4) is 0 Å². The molecule has 0 aromatic heterocycles. The predicted molar refractivity (Wildman–Crippen MR) is 244 cm³/mol. The van der Waals surface area contributed by atoms with Gasteiger partial charge in [0.25, 0.3) is 0 Å². The third-order valence-electron chi connectivity index (χ3n) is 19.5. The summed E-state index contributed by atoms with van der Waals surface area (Å²) in [5, 5.41) is 141. The van der Waals surface area contributed by atoms with Crippen LogP contribution in [0.15, 0.2) is 11.6 Å². The molecule has 3 saturated carbocycles. The Morgan fingerprint density at radius 3 is 1.93 bits per heavy atom. The number of hydrogen-bond donors (Lipinski definition) is 13. The molecule has 0 unspecified atom stereocenters. The van der Waals surface area contributed by atoms with Crippen LogP contribution in [0.25, 0.3) is 0 Å². The molecule has 0 aromatic carbocycles. The van der Waals surface area contributed by atoms with E-state index in [-0.39, 0.29) is 16.9 Å². The van der Waals surface area contributed by atoms with Crippen molar-refractivity contribution in [2.24, 2.45) is 46.3 Å². The molecule has 1 spiro atoms. The van der Waals surface area contributed by atoms with E-state index in [0.717, 1.165) is 50.7 Å². The molecule has 23 nitrogen and oxygen atoms in total. The summed E-state index contributed by atoms with van der Waals surface area (Å²) in [5.41, 5.74) is 0.927. The van der Waals surface area contributed by atoms with Crippen LogP contribution in [0.2, 0.25) is 0 Å². The topological polar surface area (TPSA) is 355 Å². The summed E-state index contributed by atoms with van der Waals surface area (Å²) in [6.07, 6.45) is -26.6. The molecule has 13 N–H and O–H groups in total. The summed E-state index contributed by atoms with van der Waals surface area (Å²) in [6.45, 7) is 6.89. The van der Waals surface area contributed by atoms with Crippen LogP contribution in [0.4, 0.5) is 0 Å². The highest BCUT2D eigenvalue weighted by Gasteiger charge is 2.69. The van der Waals surface area contributed by atoms with E-state index < -0.39 is 161 Å². The first-order chi connectivity index (χ1) is 34.7. The lowest BCUT2D eigenvalue weighted by atomic mass is 9.46. The highest BCUT2D eigenvalue weighted by Crippen LogP contribution is 2.71. The van der Waals surface area contributed by atoms with Gasteiger partial charge in [-0.2, -0.15) is 0 Å². The van der Waals surface area contributed by atoms with Crippen LogP contribution in [0.3, 0.4) is 0 Å². The predicted octanol–water partition coefficient (Wildman–Crippen LogP) is -3.38. The van der Waals surface area contributed by atoms with E-state index in [1.54, 1.807) is 0 Å².